The third-order valence-electron chi connectivity index (χ3n) is 5.11. The van der Waals surface area contributed by atoms with Crippen molar-refractivity contribution in [2.75, 3.05) is 13.1 Å². The molecule has 0 bridgehead atoms. The molecule has 1 aliphatic heterocycles. The number of amides is 1. The fourth-order valence-corrected chi connectivity index (χ4v) is 3.24. The lowest BCUT2D eigenvalue weighted by Gasteiger charge is -2.42. The number of hydrogen-bond donors (Lipinski definition) is 1. The molecule has 1 aromatic heterocycles. The largest absolute Gasteiger partial charge is 0.441 e. The fraction of sp³-hybridized carbons (Fsp3) is 0.500. The first kappa shape index (κ1) is 23.5. The zero-order valence-corrected chi connectivity index (χ0v) is 17.7. The molecule has 1 aliphatic rings. The van der Waals surface area contributed by atoms with Gasteiger partial charge in [0.05, 0.1) is 6.20 Å². The van der Waals surface area contributed by atoms with Crippen LogP contribution in [0.4, 0.5) is 0 Å². The third kappa shape index (κ3) is 5.71. The molecule has 1 amide bonds. The summed E-state index contributed by atoms with van der Waals surface area (Å²) in [6.45, 7) is 7.75. The number of nitrogens with zero attached hydrogens (tertiary/aromatic N) is 2. The number of benzene rings is 1. The van der Waals surface area contributed by atoms with Crippen LogP contribution < -0.4 is 5.73 Å². The van der Waals surface area contributed by atoms with Gasteiger partial charge in [-0.15, -0.1) is 24.8 Å². The van der Waals surface area contributed by atoms with E-state index in [2.05, 4.69) is 25.8 Å². The molecule has 0 radical (unpaired) electrons. The van der Waals surface area contributed by atoms with Crippen molar-refractivity contribution in [2.24, 2.45) is 11.1 Å². The molecular formula is C20H29Cl2N3O2. The first-order chi connectivity index (χ1) is 11.8. The minimum absolute atomic E-state index is 0. The average Bonchev–Trinajstić information content (AvgIpc) is 3.04. The Kier molecular flexibility index (Phi) is 8.33. The lowest BCUT2D eigenvalue weighted by atomic mass is 9.79. The van der Waals surface area contributed by atoms with E-state index in [1.165, 1.54) is 5.56 Å². The molecule has 0 saturated carbocycles. The van der Waals surface area contributed by atoms with Crippen LogP contribution in [-0.4, -0.2) is 34.9 Å². The molecule has 3 rings (SSSR count). The summed E-state index contributed by atoms with van der Waals surface area (Å²) in [5.41, 5.74) is 8.32. The van der Waals surface area contributed by atoms with Crippen LogP contribution >= 0.6 is 24.8 Å². The molecular weight excluding hydrogens is 385 g/mol. The standard InChI is InChI=1S/C20H27N3O2.2ClH/c1-14-4-6-15(7-5-14)16-12-22-18(25-16)8-9-19(24)23-11-10-17(21)20(2,3)13-23;;/h4-7,12,17H,8-11,13,21H2,1-3H3;2*1H. The highest BCUT2D eigenvalue weighted by Crippen LogP contribution is 2.28. The molecule has 1 unspecified atom stereocenters. The lowest BCUT2D eigenvalue weighted by Crippen LogP contribution is -2.54. The van der Waals surface area contributed by atoms with Crippen LogP contribution in [0.2, 0.25) is 0 Å². The van der Waals surface area contributed by atoms with Gasteiger partial charge in [0.15, 0.2) is 11.7 Å². The third-order valence-corrected chi connectivity index (χ3v) is 5.11. The number of carbonyl (C=O) groups is 1. The van der Waals surface area contributed by atoms with Gasteiger partial charge in [-0.1, -0.05) is 43.7 Å². The number of nitrogens with two attached hydrogens (primary N) is 1. The predicted molar refractivity (Wildman–Crippen MR) is 112 cm³/mol. The number of hydrogen-bond acceptors (Lipinski definition) is 4. The summed E-state index contributed by atoms with van der Waals surface area (Å²) >= 11 is 0. The average molecular weight is 414 g/mol. The van der Waals surface area contributed by atoms with E-state index in [0.29, 0.717) is 25.3 Å². The molecule has 2 heterocycles. The minimum Gasteiger partial charge on any atom is -0.441 e. The van der Waals surface area contributed by atoms with Crippen LogP contribution in [0.25, 0.3) is 11.3 Å². The number of piperidine rings is 1. The van der Waals surface area contributed by atoms with Crippen LogP contribution in [-0.2, 0) is 11.2 Å². The second-order valence-electron chi connectivity index (χ2n) is 7.68. The quantitative estimate of drug-likeness (QED) is 0.821. The Balaban J connectivity index is 0.00000182. The highest BCUT2D eigenvalue weighted by Gasteiger charge is 2.35. The van der Waals surface area contributed by atoms with E-state index < -0.39 is 0 Å². The number of carbonyl (C=O) groups excluding carboxylic acids is 1. The van der Waals surface area contributed by atoms with Crippen LogP contribution in [0.15, 0.2) is 34.9 Å². The Morgan fingerprint density at radius 1 is 1.30 bits per heavy atom. The molecule has 150 valence electrons. The zero-order chi connectivity index (χ0) is 18.0. The Labute approximate surface area is 173 Å². The second kappa shape index (κ2) is 9.58. The Morgan fingerprint density at radius 3 is 2.59 bits per heavy atom. The number of oxazole rings is 1. The molecule has 2 N–H and O–H groups in total. The molecule has 2 aromatic rings. The Morgan fingerprint density at radius 2 is 1.96 bits per heavy atom. The summed E-state index contributed by atoms with van der Waals surface area (Å²) in [4.78, 5) is 18.7. The van der Waals surface area contributed by atoms with Crippen LogP contribution in [0.5, 0.6) is 0 Å². The van der Waals surface area contributed by atoms with Gasteiger partial charge in [0.2, 0.25) is 5.91 Å². The van der Waals surface area contributed by atoms with Crippen molar-refractivity contribution >= 4 is 30.7 Å². The number of likely N-dealkylation sites (tertiary alicyclic amines) is 1. The first-order valence-electron chi connectivity index (χ1n) is 8.90. The monoisotopic (exact) mass is 413 g/mol. The van der Waals surface area contributed by atoms with Crippen molar-refractivity contribution in [3.8, 4) is 11.3 Å². The number of aryl methyl sites for hydroxylation is 2. The zero-order valence-electron chi connectivity index (χ0n) is 16.1. The number of halogens is 2. The topological polar surface area (TPSA) is 72.4 Å². The van der Waals surface area contributed by atoms with Gasteiger partial charge < -0.3 is 15.1 Å². The summed E-state index contributed by atoms with van der Waals surface area (Å²) in [7, 11) is 0. The molecule has 1 atom stereocenters. The van der Waals surface area contributed by atoms with E-state index in [1.54, 1.807) is 6.20 Å². The van der Waals surface area contributed by atoms with Crippen LogP contribution in [0.3, 0.4) is 0 Å². The second-order valence-corrected chi connectivity index (χ2v) is 7.68. The molecule has 1 fully saturated rings. The fourth-order valence-electron chi connectivity index (χ4n) is 3.24. The van der Waals surface area contributed by atoms with Gasteiger partial charge in [0.1, 0.15) is 0 Å². The number of aromatic nitrogens is 1. The highest BCUT2D eigenvalue weighted by molar-refractivity contribution is 5.85. The Hall–Kier alpha value is -1.56. The van der Waals surface area contributed by atoms with E-state index in [-0.39, 0.29) is 42.2 Å². The molecule has 7 heteroatoms. The molecule has 1 aromatic carbocycles. The summed E-state index contributed by atoms with van der Waals surface area (Å²) in [6, 6.07) is 8.28. The molecule has 1 saturated heterocycles. The van der Waals surface area contributed by atoms with E-state index in [0.717, 1.165) is 24.3 Å². The van der Waals surface area contributed by atoms with Crippen molar-refractivity contribution in [3.63, 3.8) is 0 Å². The van der Waals surface area contributed by atoms with Gasteiger partial charge in [0, 0.05) is 37.5 Å². The van der Waals surface area contributed by atoms with Crippen molar-refractivity contribution in [1.82, 2.24) is 9.88 Å². The maximum absolute atomic E-state index is 12.5. The van der Waals surface area contributed by atoms with Gasteiger partial charge in [0.25, 0.3) is 0 Å². The molecule has 5 nitrogen and oxygen atoms in total. The van der Waals surface area contributed by atoms with Gasteiger partial charge in [-0.3, -0.25) is 4.79 Å². The normalized spacial score (nSPS) is 18.4. The minimum atomic E-state index is -0.0323. The van der Waals surface area contributed by atoms with E-state index >= 15 is 0 Å². The summed E-state index contributed by atoms with van der Waals surface area (Å²) in [5.74, 6) is 1.50. The van der Waals surface area contributed by atoms with E-state index in [9.17, 15) is 4.79 Å². The summed E-state index contributed by atoms with van der Waals surface area (Å²) in [5, 5.41) is 0. The molecule has 0 spiro atoms. The van der Waals surface area contributed by atoms with Crippen molar-refractivity contribution < 1.29 is 9.21 Å². The maximum Gasteiger partial charge on any atom is 0.223 e. The lowest BCUT2D eigenvalue weighted by molar-refractivity contribution is -0.134. The van der Waals surface area contributed by atoms with Crippen LogP contribution in [0.1, 0.15) is 38.1 Å². The number of rotatable bonds is 4. The smallest absolute Gasteiger partial charge is 0.223 e. The SMILES string of the molecule is Cc1ccc(-c2cnc(CCC(=O)N3CCC(N)C(C)(C)C3)o2)cc1.Cl.Cl. The summed E-state index contributed by atoms with van der Waals surface area (Å²) in [6.07, 6.45) is 3.52. The van der Waals surface area contributed by atoms with Gasteiger partial charge >= 0.3 is 0 Å². The van der Waals surface area contributed by atoms with Gasteiger partial charge in [-0.25, -0.2) is 4.98 Å². The maximum atomic E-state index is 12.5. The van der Waals surface area contributed by atoms with Crippen molar-refractivity contribution in [3.05, 3.63) is 41.9 Å². The predicted octanol–water partition coefficient (Wildman–Crippen LogP) is 4.01. The van der Waals surface area contributed by atoms with E-state index in [4.69, 9.17) is 10.2 Å². The molecule has 27 heavy (non-hydrogen) atoms. The van der Waals surface area contributed by atoms with Gasteiger partial charge in [-0.2, -0.15) is 0 Å². The highest BCUT2D eigenvalue weighted by atomic mass is 35.5. The summed E-state index contributed by atoms with van der Waals surface area (Å²) < 4.78 is 5.80. The molecule has 0 aliphatic carbocycles. The Bertz CT molecular complexity index is 744. The van der Waals surface area contributed by atoms with Crippen LogP contribution in [0, 0.1) is 12.3 Å². The van der Waals surface area contributed by atoms with Crippen molar-refractivity contribution in [2.45, 2.75) is 46.1 Å². The van der Waals surface area contributed by atoms with Crippen molar-refractivity contribution in [1.29, 1.82) is 0 Å². The first-order valence-corrected chi connectivity index (χ1v) is 8.90. The van der Waals surface area contributed by atoms with E-state index in [1.807, 2.05) is 29.2 Å². The van der Waals surface area contributed by atoms with Gasteiger partial charge in [-0.05, 0) is 18.8 Å².